The maximum Gasteiger partial charge on any atom is 0.0802 e. The highest BCUT2D eigenvalue weighted by atomic mass is 16.3. The SMILES string of the molecule is OCC1CCC(O)C(O)C1. The third kappa shape index (κ3) is 1.68. The van der Waals surface area contributed by atoms with Gasteiger partial charge in [0.05, 0.1) is 12.2 Å². The van der Waals surface area contributed by atoms with Gasteiger partial charge in [0.1, 0.15) is 0 Å². The summed E-state index contributed by atoms with van der Waals surface area (Å²) >= 11 is 0. The number of hydrogen-bond donors (Lipinski definition) is 3. The third-order valence-electron chi connectivity index (χ3n) is 2.15. The Morgan fingerprint density at radius 2 is 1.80 bits per heavy atom. The molecule has 0 aliphatic heterocycles. The van der Waals surface area contributed by atoms with Crippen molar-refractivity contribution in [2.75, 3.05) is 6.61 Å². The molecule has 3 atom stereocenters. The summed E-state index contributed by atoms with van der Waals surface area (Å²) in [4.78, 5) is 0. The second-order valence-electron chi connectivity index (χ2n) is 3.00. The second-order valence-corrected chi connectivity index (χ2v) is 3.00. The molecule has 0 aromatic rings. The lowest BCUT2D eigenvalue weighted by molar-refractivity contribution is -0.0333. The van der Waals surface area contributed by atoms with Gasteiger partial charge < -0.3 is 15.3 Å². The van der Waals surface area contributed by atoms with Crippen LogP contribution in [0.5, 0.6) is 0 Å². The highest BCUT2D eigenvalue weighted by Crippen LogP contribution is 2.23. The van der Waals surface area contributed by atoms with Gasteiger partial charge in [-0.2, -0.15) is 0 Å². The molecular weight excluding hydrogens is 132 g/mol. The molecule has 1 fully saturated rings. The van der Waals surface area contributed by atoms with Crippen molar-refractivity contribution in [1.29, 1.82) is 0 Å². The van der Waals surface area contributed by atoms with Gasteiger partial charge in [-0.25, -0.2) is 0 Å². The summed E-state index contributed by atoms with van der Waals surface area (Å²) in [6.45, 7) is 0.129. The molecule has 3 unspecified atom stereocenters. The smallest absolute Gasteiger partial charge is 0.0802 e. The van der Waals surface area contributed by atoms with Gasteiger partial charge in [-0.05, 0) is 25.2 Å². The van der Waals surface area contributed by atoms with Crippen molar-refractivity contribution in [3.63, 3.8) is 0 Å². The first-order valence-corrected chi connectivity index (χ1v) is 3.71. The van der Waals surface area contributed by atoms with Gasteiger partial charge in [0, 0.05) is 6.61 Å². The van der Waals surface area contributed by atoms with E-state index in [9.17, 15) is 0 Å². The quantitative estimate of drug-likeness (QED) is 0.467. The normalized spacial score (nSPS) is 41.7. The van der Waals surface area contributed by atoms with Crippen molar-refractivity contribution in [2.45, 2.75) is 31.5 Å². The van der Waals surface area contributed by atoms with E-state index < -0.39 is 12.2 Å². The van der Waals surface area contributed by atoms with Gasteiger partial charge in [0.25, 0.3) is 0 Å². The summed E-state index contributed by atoms with van der Waals surface area (Å²) in [5, 5.41) is 26.9. The van der Waals surface area contributed by atoms with Gasteiger partial charge in [-0.15, -0.1) is 0 Å². The predicted molar refractivity (Wildman–Crippen MR) is 36.4 cm³/mol. The molecule has 60 valence electrons. The van der Waals surface area contributed by atoms with Crippen molar-refractivity contribution in [2.24, 2.45) is 5.92 Å². The Hall–Kier alpha value is -0.120. The molecule has 3 N–H and O–H groups in total. The Bertz CT molecular complexity index is 105. The van der Waals surface area contributed by atoms with Crippen LogP contribution in [0.3, 0.4) is 0 Å². The lowest BCUT2D eigenvalue weighted by Crippen LogP contribution is -2.34. The molecule has 0 amide bonds. The first kappa shape index (κ1) is 7.98. The molecule has 1 rings (SSSR count). The van der Waals surface area contributed by atoms with E-state index in [1.165, 1.54) is 0 Å². The van der Waals surface area contributed by atoms with Crippen molar-refractivity contribution in [1.82, 2.24) is 0 Å². The van der Waals surface area contributed by atoms with Crippen LogP contribution in [0.4, 0.5) is 0 Å². The van der Waals surface area contributed by atoms with Crippen LogP contribution >= 0.6 is 0 Å². The molecule has 0 saturated heterocycles. The van der Waals surface area contributed by atoms with E-state index in [4.69, 9.17) is 15.3 Å². The van der Waals surface area contributed by atoms with Crippen LogP contribution in [0.15, 0.2) is 0 Å². The van der Waals surface area contributed by atoms with Crippen LogP contribution in [0.1, 0.15) is 19.3 Å². The molecule has 3 nitrogen and oxygen atoms in total. The Labute approximate surface area is 60.3 Å². The third-order valence-corrected chi connectivity index (χ3v) is 2.15. The minimum absolute atomic E-state index is 0.129. The molecule has 10 heavy (non-hydrogen) atoms. The molecular formula is C7H14O3. The van der Waals surface area contributed by atoms with Crippen LogP contribution < -0.4 is 0 Å². The molecule has 0 spiro atoms. The Balaban J connectivity index is 2.33. The largest absolute Gasteiger partial charge is 0.396 e. The number of rotatable bonds is 1. The van der Waals surface area contributed by atoms with E-state index >= 15 is 0 Å². The van der Waals surface area contributed by atoms with Crippen molar-refractivity contribution < 1.29 is 15.3 Å². The fraction of sp³-hybridized carbons (Fsp3) is 1.00. The van der Waals surface area contributed by atoms with Crippen LogP contribution in [0, 0.1) is 5.92 Å². The van der Waals surface area contributed by atoms with Gasteiger partial charge in [0.2, 0.25) is 0 Å². The minimum Gasteiger partial charge on any atom is -0.396 e. The van der Waals surface area contributed by atoms with E-state index in [-0.39, 0.29) is 12.5 Å². The lowest BCUT2D eigenvalue weighted by atomic mass is 9.86. The number of aliphatic hydroxyl groups excluding tert-OH is 3. The molecule has 0 radical (unpaired) electrons. The maximum atomic E-state index is 9.12. The Kier molecular flexibility index (Phi) is 2.65. The minimum atomic E-state index is -0.620. The van der Waals surface area contributed by atoms with Crippen molar-refractivity contribution >= 4 is 0 Å². The van der Waals surface area contributed by atoms with Crippen molar-refractivity contribution in [3.8, 4) is 0 Å². The first-order chi connectivity index (χ1) is 4.74. The van der Waals surface area contributed by atoms with Crippen LogP contribution in [0.2, 0.25) is 0 Å². The molecule has 1 aliphatic carbocycles. The highest BCUT2D eigenvalue weighted by Gasteiger charge is 2.26. The summed E-state index contributed by atoms with van der Waals surface area (Å²) in [5.74, 6) is 0.193. The lowest BCUT2D eigenvalue weighted by Gasteiger charge is -2.28. The van der Waals surface area contributed by atoms with E-state index in [1.54, 1.807) is 0 Å². The Morgan fingerprint density at radius 1 is 1.10 bits per heavy atom. The molecule has 1 aliphatic rings. The fourth-order valence-electron chi connectivity index (χ4n) is 1.38. The van der Waals surface area contributed by atoms with Gasteiger partial charge in [-0.3, -0.25) is 0 Å². The van der Waals surface area contributed by atoms with E-state index in [0.29, 0.717) is 12.8 Å². The molecule has 0 bridgehead atoms. The summed E-state index contributed by atoms with van der Waals surface area (Å²) in [5.41, 5.74) is 0. The molecule has 3 heteroatoms. The maximum absolute atomic E-state index is 9.12. The Morgan fingerprint density at radius 3 is 2.30 bits per heavy atom. The van der Waals surface area contributed by atoms with Crippen LogP contribution in [-0.4, -0.2) is 34.1 Å². The molecule has 0 heterocycles. The molecule has 1 saturated carbocycles. The van der Waals surface area contributed by atoms with Crippen molar-refractivity contribution in [3.05, 3.63) is 0 Å². The highest BCUT2D eigenvalue weighted by molar-refractivity contribution is 4.78. The summed E-state index contributed by atoms with van der Waals surface area (Å²) in [6, 6.07) is 0. The van der Waals surface area contributed by atoms with E-state index in [0.717, 1.165) is 6.42 Å². The topological polar surface area (TPSA) is 60.7 Å². The van der Waals surface area contributed by atoms with Gasteiger partial charge in [-0.1, -0.05) is 0 Å². The zero-order chi connectivity index (χ0) is 7.56. The first-order valence-electron chi connectivity index (χ1n) is 3.71. The van der Waals surface area contributed by atoms with E-state index in [2.05, 4.69) is 0 Å². The summed E-state index contributed by atoms with van der Waals surface area (Å²) < 4.78 is 0. The molecule has 0 aromatic heterocycles. The summed E-state index contributed by atoms with van der Waals surface area (Å²) in [6.07, 6.45) is 0.799. The fourth-order valence-corrected chi connectivity index (χ4v) is 1.38. The van der Waals surface area contributed by atoms with Crippen LogP contribution in [-0.2, 0) is 0 Å². The average Bonchev–Trinajstić information content (AvgIpc) is 1.95. The second kappa shape index (κ2) is 3.32. The number of aliphatic hydroxyl groups is 3. The standard InChI is InChI=1S/C7H14O3/c8-4-5-1-2-6(9)7(10)3-5/h5-10H,1-4H2. The number of hydrogen-bond acceptors (Lipinski definition) is 3. The summed E-state index contributed by atoms with van der Waals surface area (Å²) in [7, 11) is 0. The van der Waals surface area contributed by atoms with E-state index in [1.807, 2.05) is 0 Å². The van der Waals surface area contributed by atoms with Gasteiger partial charge in [0.15, 0.2) is 0 Å². The monoisotopic (exact) mass is 146 g/mol. The zero-order valence-corrected chi connectivity index (χ0v) is 5.90. The predicted octanol–water partition coefficient (Wildman–Crippen LogP) is -0.499. The molecule has 0 aromatic carbocycles. The zero-order valence-electron chi connectivity index (χ0n) is 5.90. The van der Waals surface area contributed by atoms with Gasteiger partial charge >= 0.3 is 0 Å². The average molecular weight is 146 g/mol. The van der Waals surface area contributed by atoms with Crippen LogP contribution in [0.25, 0.3) is 0 Å².